The highest BCUT2D eigenvalue weighted by molar-refractivity contribution is 7.18. The van der Waals surface area contributed by atoms with Crippen LogP contribution in [0.4, 0.5) is 8.78 Å². The smallest absolute Gasteiger partial charge is 0.131 e. The molecule has 0 bridgehead atoms. The van der Waals surface area contributed by atoms with Gasteiger partial charge in [0.05, 0.1) is 15.2 Å². The van der Waals surface area contributed by atoms with Crippen molar-refractivity contribution in [3.05, 3.63) is 29.3 Å². The molecule has 0 radical (unpaired) electrons. The number of nitrogens with zero attached hydrogens (tertiary/aromatic N) is 1. The molecule has 1 heterocycles. The summed E-state index contributed by atoms with van der Waals surface area (Å²) in [7, 11) is 0. The minimum absolute atomic E-state index is 0.308. The summed E-state index contributed by atoms with van der Waals surface area (Å²) in [6, 6.07) is 8.03. The van der Waals surface area contributed by atoms with Crippen LogP contribution in [-0.4, -0.2) is 17.3 Å². The van der Waals surface area contributed by atoms with Crippen molar-refractivity contribution >= 4 is 21.6 Å². The number of thiazole rings is 1. The molecule has 0 saturated heterocycles. The fraction of sp³-hybridized carbons (Fsp3) is 0.500. The first-order valence-electron chi connectivity index (χ1n) is 6.29. The average Bonchev–Trinajstić information content (AvgIpc) is 2.76. The topological polar surface area (TPSA) is 12.9 Å². The second-order valence-electron chi connectivity index (χ2n) is 4.51. The summed E-state index contributed by atoms with van der Waals surface area (Å²) in [5.74, 6) is 0. The van der Waals surface area contributed by atoms with E-state index >= 15 is 0 Å². The van der Waals surface area contributed by atoms with Crippen LogP contribution >= 0.6 is 11.3 Å². The summed E-state index contributed by atoms with van der Waals surface area (Å²) in [5.41, 5.74) is 1.03. The van der Waals surface area contributed by atoms with Crippen molar-refractivity contribution in [2.24, 2.45) is 0 Å². The fourth-order valence-electron chi connectivity index (χ4n) is 1.87. The molecule has 1 aromatic carbocycles. The lowest BCUT2D eigenvalue weighted by Crippen LogP contribution is -2.12. The second kappa shape index (κ2) is 6.23. The summed E-state index contributed by atoms with van der Waals surface area (Å²) in [5, 5.41) is 1.08. The maximum absolute atomic E-state index is 13.0. The van der Waals surface area contributed by atoms with Crippen molar-refractivity contribution in [2.75, 3.05) is 0 Å². The number of fused-ring (bicyclic) bond motifs is 1. The van der Waals surface area contributed by atoms with Crippen LogP contribution in [0, 0.1) is 0 Å². The van der Waals surface area contributed by atoms with E-state index in [1.165, 1.54) is 11.6 Å². The number of hydrogen-bond acceptors (Lipinski definition) is 2. The highest BCUT2D eigenvalue weighted by atomic mass is 32.1. The monoisotopic (exact) mass is 269 g/mol. The summed E-state index contributed by atoms with van der Waals surface area (Å²) in [6.07, 6.45) is 0.0703. The van der Waals surface area contributed by atoms with Gasteiger partial charge in [0.1, 0.15) is 12.3 Å². The van der Waals surface area contributed by atoms with Crippen molar-refractivity contribution in [2.45, 2.75) is 45.0 Å². The molecule has 2 unspecified atom stereocenters. The molecule has 18 heavy (non-hydrogen) atoms. The van der Waals surface area contributed by atoms with Crippen LogP contribution in [0.2, 0.25) is 0 Å². The number of para-hydroxylation sites is 1. The van der Waals surface area contributed by atoms with E-state index in [9.17, 15) is 8.78 Å². The van der Waals surface area contributed by atoms with Crippen LogP contribution in [0.5, 0.6) is 0 Å². The zero-order valence-corrected chi connectivity index (χ0v) is 11.2. The third-order valence-corrected chi connectivity index (χ3v) is 4.05. The van der Waals surface area contributed by atoms with E-state index in [2.05, 4.69) is 11.1 Å². The molecule has 2 aromatic rings. The molecule has 1 aromatic heterocycles. The van der Waals surface area contributed by atoms with Gasteiger partial charge in [0, 0.05) is 0 Å². The Bertz CT molecular complexity index is 462. The van der Waals surface area contributed by atoms with Gasteiger partial charge in [0.15, 0.2) is 0 Å². The van der Waals surface area contributed by atoms with E-state index in [0.29, 0.717) is 12.8 Å². The van der Waals surface area contributed by atoms with E-state index in [-0.39, 0.29) is 0 Å². The molecule has 0 saturated carbocycles. The van der Waals surface area contributed by atoms with Crippen LogP contribution in [0.3, 0.4) is 0 Å². The minimum Gasteiger partial charge on any atom is -0.245 e. The van der Waals surface area contributed by atoms with Crippen LogP contribution in [0.15, 0.2) is 24.3 Å². The van der Waals surface area contributed by atoms with Gasteiger partial charge in [-0.05, 0) is 38.3 Å². The molecule has 4 heteroatoms. The van der Waals surface area contributed by atoms with E-state index in [0.717, 1.165) is 23.4 Å². The van der Waals surface area contributed by atoms with Gasteiger partial charge in [-0.2, -0.15) is 0 Å². The molecule has 2 atom stereocenters. The summed E-state index contributed by atoms with van der Waals surface area (Å²) in [6.45, 7) is 1.28. The van der Waals surface area contributed by atoms with Crippen molar-refractivity contribution in [1.82, 2.24) is 4.98 Å². The lowest BCUT2D eigenvalue weighted by atomic mass is 10.1. The van der Waals surface area contributed by atoms with E-state index in [1.807, 2.05) is 18.2 Å². The maximum Gasteiger partial charge on any atom is 0.131 e. The molecule has 0 amide bonds. The molecule has 0 aliphatic carbocycles. The van der Waals surface area contributed by atoms with E-state index in [4.69, 9.17) is 0 Å². The number of aromatic nitrogens is 1. The quantitative estimate of drug-likeness (QED) is 0.692. The summed E-state index contributed by atoms with van der Waals surface area (Å²) < 4.78 is 26.8. The molecule has 0 spiro atoms. The normalized spacial score (nSPS) is 14.8. The van der Waals surface area contributed by atoms with Crippen LogP contribution in [0.1, 0.15) is 31.2 Å². The Labute approximate surface area is 110 Å². The van der Waals surface area contributed by atoms with Gasteiger partial charge in [0.2, 0.25) is 0 Å². The molecule has 0 N–H and O–H groups in total. The average molecular weight is 269 g/mol. The number of rotatable bonds is 6. The number of aryl methyl sites for hydroxylation is 1. The van der Waals surface area contributed by atoms with Crippen LogP contribution < -0.4 is 0 Å². The first-order chi connectivity index (χ1) is 8.66. The summed E-state index contributed by atoms with van der Waals surface area (Å²) in [4.78, 5) is 4.52. The Morgan fingerprint density at radius 2 is 2.00 bits per heavy atom. The minimum atomic E-state index is -1.35. The first kappa shape index (κ1) is 13.4. The van der Waals surface area contributed by atoms with Gasteiger partial charge in [-0.1, -0.05) is 18.6 Å². The van der Waals surface area contributed by atoms with Gasteiger partial charge in [-0.25, -0.2) is 13.8 Å². The Kier molecular flexibility index (Phi) is 4.64. The number of alkyl halides is 2. The standard InChI is InChI=1S/C14H17F2NS/c1-10(15)11(16)6-2-5-9-14-17-12-7-3-4-8-13(12)18-14/h3-4,7-8,10-11H,2,5-6,9H2,1H3. The van der Waals surface area contributed by atoms with E-state index in [1.54, 1.807) is 11.3 Å². The predicted octanol–water partition coefficient (Wildman–Crippen LogP) is 4.71. The first-order valence-corrected chi connectivity index (χ1v) is 7.11. The number of benzene rings is 1. The highest BCUT2D eigenvalue weighted by Gasteiger charge is 2.14. The predicted molar refractivity (Wildman–Crippen MR) is 72.6 cm³/mol. The largest absolute Gasteiger partial charge is 0.245 e. The molecular weight excluding hydrogens is 252 g/mol. The third kappa shape index (κ3) is 3.48. The van der Waals surface area contributed by atoms with Crippen LogP contribution in [-0.2, 0) is 6.42 Å². The fourth-order valence-corrected chi connectivity index (χ4v) is 2.88. The lowest BCUT2D eigenvalue weighted by molar-refractivity contribution is 0.169. The lowest BCUT2D eigenvalue weighted by Gasteiger charge is -2.07. The molecule has 0 aliphatic rings. The SMILES string of the molecule is CC(F)C(F)CCCCc1nc2ccccc2s1. The Morgan fingerprint density at radius 3 is 2.72 bits per heavy atom. The number of hydrogen-bond donors (Lipinski definition) is 0. The van der Waals surface area contributed by atoms with Crippen LogP contribution in [0.25, 0.3) is 10.2 Å². The van der Waals surface area contributed by atoms with Crippen molar-refractivity contribution < 1.29 is 8.78 Å². The summed E-state index contributed by atoms with van der Waals surface area (Å²) >= 11 is 1.68. The van der Waals surface area contributed by atoms with Gasteiger partial charge >= 0.3 is 0 Å². The second-order valence-corrected chi connectivity index (χ2v) is 5.63. The van der Waals surface area contributed by atoms with Gasteiger partial charge in [0.25, 0.3) is 0 Å². The Hall–Kier alpha value is -1.03. The Balaban J connectivity index is 1.80. The Morgan fingerprint density at radius 1 is 1.22 bits per heavy atom. The molecule has 2 rings (SSSR count). The molecular formula is C14H17F2NS. The highest BCUT2D eigenvalue weighted by Crippen LogP contribution is 2.23. The molecule has 0 fully saturated rings. The zero-order valence-electron chi connectivity index (χ0n) is 10.4. The molecule has 1 nitrogen and oxygen atoms in total. The van der Waals surface area contributed by atoms with Crippen molar-refractivity contribution in [1.29, 1.82) is 0 Å². The molecule has 98 valence electrons. The van der Waals surface area contributed by atoms with Crippen molar-refractivity contribution in [3.8, 4) is 0 Å². The van der Waals surface area contributed by atoms with Gasteiger partial charge in [-0.3, -0.25) is 0 Å². The van der Waals surface area contributed by atoms with Crippen molar-refractivity contribution in [3.63, 3.8) is 0 Å². The van der Waals surface area contributed by atoms with Gasteiger partial charge < -0.3 is 0 Å². The maximum atomic E-state index is 13.0. The third-order valence-electron chi connectivity index (χ3n) is 2.96. The van der Waals surface area contributed by atoms with E-state index < -0.39 is 12.3 Å². The molecule has 0 aliphatic heterocycles. The number of halogens is 2. The van der Waals surface area contributed by atoms with Gasteiger partial charge in [-0.15, -0.1) is 11.3 Å². The zero-order chi connectivity index (χ0) is 13.0. The number of unbranched alkanes of at least 4 members (excludes halogenated alkanes) is 1.